The highest BCUT2D eigenvalue weighted by Crippen LogP contribution is 2.63. The highest BCUT2D eigenvalue weighted by molar-refractivity contribution is 5.93. The first kappa shape index (κ1) is 17.5. The van der Waals surface area contributed by atoms with E-state index in [-0.39, 0.29) is 5.41 Å². The van der Waals surface area contributed by atoms with E-state index in [9.17, 15) is 0 Å². The van der Waals surface area contributed by atoms with Crippen LogP contribution in [0, 0.1) is 0 Å². The summed E-state index contributed by atoms with van der Waals surface area (Å²) in [6.07, 6.45) is 19.5. The van der Waals surface area contributed by atoms with E-state index in [1.807, 2.05) is 6.08 Å². The van der Waals surface area contributed by atoms with Crippen molar-refractivity contribution in [3.8, 4) is 0 Å². The topological polar surface area (TPSA) is 0 Å². The van der Waals surface area contributed by atoms with E-state index in [1.54, 1.807) is 0 Å². The molecule has 0 aromatic heterocycles. The lowest BCUT2D eigenvalue weighted by Crippen LogP contribution is -2.28. The van der Waals surface area contributed by atoms with Crippen LogP contribution >= 0.6 is 0 Å². The number of fused-ring (bicyclic) bond motifs is 4. The van der Waals surface area contributed by atoms with E-state index < -0.39 is 0 Å². The van der Waals surface area contributed by atoms with Gasteiger partial charge < -0.3 is 0 Å². The molecule has 0 heterocycles. The minimum absolute atomic E-state index is 0.225. The first-order valence-electron chi connectivity index (χ1n) is 9.71. The summed E-state index contributed by atoms with van der Waals surface area (Å²) in [4.78, 5) is 0. The molecule has 1 unspecified atom stereocenters. The molecule has 0 fully saturated rings. The molecule has 0 saturated carbocycles. The summed E-state index contributed by atoms with van der Waals surface area (Å²) < 4.78 is 0. The zero-order valence-electron chi connectivity index (χ0n) is 16.3. The van der Waals surface area contributed by atoms with Gasteiger partial charge in [-0.1, -0.05) is 86.0 Å². The van der Waals surface area contributed by atoms with Crippen molar-refractivity contribution in [2.75, 3.05) is 0 Å². The quantitative estimate of drug-likeness (QED) is 0.507. The van der Waals surface area contributed by atoms with Gasteiger partial charge in [-0.25, -0.2) is 0 Å². The molecule has 0 N–H and O–H groups in total. The fraction of sp³-hybridized carbons (Fsp3) is 0.185. The van der Waals surface area contributed by atoms with Crippen LogP contribution in [0.4, 0.5) is 0 Å². The highest BCUT2D eigenvalue weighted by atomic mass is 14.5. The Morgan fingerprint density at radius 2 is 1.96 bits per heavy atom. The summed E-state index contributed by atoms with van der Waals surface area (Å²) in [5.74, 6) is 0. The molecule has 134 valence electrons. The molecular formula is C27H26. The van der Waals surface area contributed by atoms with Gasteiger partial charge in [0.05, 0.1) is 5.41 Å². The van der Waals surface area contributed by atoms with Crippen molar-refractivity contribution in [3.05, 3.63) is 125 Å². The van der Waals surface area contributed by atoms with Crippen LogP contribution in [-0.2, 0) is 5.41 Å². The first-order valence-corrected chi connectivity index (χ1v) is 9.71. The van der Waals surface area contributed by atoms with E-state index in [0.717, 1.165) is 18.4 Å². The van der Waals surface area contributed by atoms with Crippen molar-refractivity contribution < 1.29 is 0 Å². The lowest BCUT2D eigenvalue weighted by atomic mass is 9.66. The third-order valence-corrected chi connectivity index (χ3v) is 6.09. The molecule has 3 aliphatic rings. The standard InChI is InChI=1S/C27H26/c1-5-7-15-23-19(3)20(4)24(16-8-6-2)27(23)25-17-11-9-13-21(25)22-14-10-12-18-26(22)27/h5-11,13-17H,1,4,12,18H2,2-3H3/b8-6-,15-7-,24-16+. The van der Waals surface area contributed by atoms with E-state index >= 15 is 0 Å². The van der Waals surface area contributed by atoms with Crippen molar-refractivity contribution in [3.63, 3.8) is 0 Å². The lowest BCUT2D eigenvalue weighted by Gasteiger charge is -2.35. The summed E-state index contributed by atoms with van der Waals surface area (Å²) >= 11 is 0. The molecule has 0 heteroatoms. The molecule has 0 saturated heterocycles. The third kappa shape index (κ3) is 2.29. The minimum atomic E-state index is -0.225. The van der Waals surface area contributed by atoms with Gasteiger partial charge in [-0.2, -0.15) is 0 Å². The van der Waals surface area contributed by atoms with Crippen LogP contribution in [0.5, 0.6) is 0 Å². The average molecular weight is 351 g/mol. The average Bonchev–Trinajstić information content (AvgIpc) is 3.11. The zero-order chi connectivity index (χ0) is 19.0. The van der Waals surface area contributed by atoms with E-state index in [2.05, 4.69) is 93.8 Å². The van der Waals surface area contributed by atoms with Crippen LogP contribution in [0.2, 0.25) is 0 Å². The number of hydrogen-bond acceptors (Lipinski definition) is 0. The van der Waals surface area contributed by atoms with Gasteiger partial charge in [-0.3, -0.25) is 0 Å². The smallest absolute Gasteiger partial charge is 0.0685 e. The third-order valence-electron chi connectivity index (χ3n) is 6.09. The fourth-order valence-corrected chi connectivity index (χ4v) is 4.98. The predicted octanol–water partition coefficient (Wildman–Crippen LogP) is 7.17. The second-order valence-electron chi connectivity index (χ2n) is 7.35. The van der Waals surface area contributed by atoms with Gasteiger partial charge in [0.25, 0.3) is 0 Å². The van der Waals surface area contributed by atoms with E-state index in [0.29, 0.717) is 0 Å². The van der Waals surface area contributed by atoms with Gasteiger partial charge in [0, 0.05) is 0 Å². The van der Waals surface area contributed by atoms with Crippen molar-refractivity contribution in [1.82, 2.24) is 0 Å². The molecule has 1 aromatic carbocycles. The molecule has 4 rings (SSSR count). The molecular weight excluding hydrogens is 324 g/mol. The minimum Gasteiger partial charge on any atom is -0.0991 e. The SMILES string of the molecule is C=C/C=C\C1=C(C)C(=C)/C(=C\C=C/C)C12C1=C(C=CCC1)c1ccccc12. The van der Waals surface area contributed by atoms with Crippen molar-refractivity contribution in [2.45, 2.75) is 32.1 Å². The van der Waals surface area contributed by atoms with Gasteiger partial charge in [-0.15, -0.1) is 0 Å². The Kier molecular flexibility index (Phi) is 4.36. The summed E-state index contributed by atoms with van der Waals surface area (Å²) in [5, 5.41) is 0. The van der Waals surface area contributed by atoms with E-state index in [1.165, 1.54) is 39.0 Å². The van der Waals surface area contributed by atoms with Crippen LogP contribution in [0.3, 0.4) is 0 Å². The summed E-state index contributed by atoms with van der Waals surface area (Å²) in [6.45, 7) is 12.7. The monoisotopic (exact) mass is 350 g/mol. The van der Waals surface area contributed by atoms with Crippen LogP contribution in [-0.4, -0.2) is 0 Å². The summed E-state index contributed by atoms with van der Waals surface area (Å²) in [5.41, 5.74) is 10.5. The summed E-state index contributed by atoms with van der Waals surface area (Å²) in [7, 11) is 0. The Balaban J connectivity index is 2.14. The molecule has 0 amide bonds. The van der Waals surface area contributed by atoms with Crippen LogP contribution in [0.25, 0.3) is 5.57 Å². The molecule has 27 heavy (non-hydrogen) atoms. The van der Waals surface area contributed by atoms with E-state index in [4.69, 9.17) is 0 Å². The van der Waals surface area contributed by atoms with Gasteiger partial charge in [0.15, 0.2) is 0 Å². The largest absolute Gasteiger partial charge is 0.0991 e. The maximum atomic E-state index is 4.50. The van der Waals surface area contributed by atoms with Gasteiger partial charge in [0.2, 0.25) is 0 Å². The van der Waals surface area contributed by atoms with Crippen LogP contribution in [0.1, 0.15) is 37.8 Å². The van der Waals surface area contributed by atoms with Crippen LogP contribution < -0.4 is 0 Å². The second kappa shape index (κ2) is 6.70. The molecule has 1 atom stereocenters. The Bertz CT molecular complexity index is 1010. The Morgan fingerprint density at radius 3 is 2.74 bits per heavy atom. The maximum absolute atomic E-state index is 4.50. The summed E-state index contributed by atoms with van der Waals surface area (Å²) in [6, 6.07) is 8.90. The molecule has 0 nitrogen and oxygen atoms in total. The Hall–Kier alpha value is -2.86. The first-order chi connectivity index (χ1) is 13.2. The van der Waals surface area contributed by atoms with Crippen molar-refractivity contribution in [1.29, 1.82) is 0 Å². The van der Waals surface area contributed by atoms with Crippen LogP contribution in [0.15, 0.2) is 114 Å². The van der Waals surface area contributed by atoms with Gasteiger partial charge in [0.1, 0.15) is 0 Å². The van der Waals surface area contributed by atoms with Crippen molar-refractivity contribution in [2.24, 2.45) is 0 Å². The van der Waals surface area contributed by atoms with Gasteiger partial charge >= 0.3 is 0 Å². The normalized spacial score (nSPS) is 25.6. The number of rotatable bonds is 3. The molecule has 0 bridgehead atoms. The lowest BCUT2D eigenvalue weighted by molar-refractivity contribution is 0.706. The second-order valence-corrected chi connectivity index (χ2v) is 7.35. The molecule has 0 radical (unpaired) electrons. The molecule has 1 aromatic rings. The zero-order valence-corrected chi connectivity index (χ0v) is 16.3. The number of hydrogen-bond donors (Lipinski definition) is 0. The van der Waals surface area contributed by atoms with Gasteiger partial charge in [-0.05, 0) is 71.3 Å². The maximum Gasteiger partial charge on any atom is 0.0685 e. The number of benzene rings is 1. The highest BCUT2D eigenvalue weighted by Gasteiger charge is 2.53. The number of allylic oxidation sites excluding steroid dienone is 14. The molecule has 0 aliphatic heterocycles. The predicted molar refractivity (Wildman–Crippen MR) is 117 cm³/mol. The Morgan fingerprint density at radius 1 is 1.15 bits per heavy atom. The molecule has 1 spiro atoms. The Labute approximate surface area is 163 Å². The van der Waals surface area contributed by atoms with Crippen molar-refractivity contribution >= 4 is 5.57 Å². The fourth-order valence-electron chi connectivity index (χ4n) is 4.98. The molecule has 3 aliphatic carbocycles.